The summed E-state index contributed by atoms with van der Waals surface area (Å²) >= 11 is 3.40. The van der Waals surface area contributed by atoms with Crippen molar-refractivity contribution in [1.29, 1.82) is 0 Å². The third-order valence-electron chi connectivity index (χ3n) is 2.72. The molecule has 0 aromatic rings. The lowest BCUT2D eigenvalue weighted by Crippen LogP contribution is -2.41. The molecule has 84 valence electrons. The lowest BCUT2D eigenvalue weighted by atomic mass is 10.1. The van der Waals surface area contributed by atoms with Gasteiger partial charge in [-0.3, -0.25) is 0 Å². The summed E-state index contributed by atoms with van der Waals surface area (Å²) in [4.78, 5) is 0. The molecule has 0 bridgehead atoms. The van der Waals surface area contributed by atoms with Crippen molar-refractivity contribution >= 4 is 26.0 Å². The summed E-state index contributed by atoms with van der Waals surface area (Å²) < 4.78 is 25.3. The number of hydrogen-bond donors (Lipinski definition) is 0. The fraction of sp³-hybridized carbons (Fsp3) is 1.00. The summed E-state index contributed by atoms with van der Waals surface area (Å²) in [5.41, 5.74) is 0. The molecule has 1 atom stereocenters. The number of halogens is 1. The Bertz CT molecular complexity index is 266. The summed E-state index contributed by atoms with van der Waals surface area (Å²) in [5, 5.41) is 0.756. The average molecular weight is 284 g/mol. The molecule has 1 heterocycles. The van der Waals surface area contributed by atoms with E-state index in [1.165, 1.54) is 0 Å². The van der Waals surface area contributed by atoms with Gasteiger partial charge in [0.25, 0.3) is 0 Å². The maximum atomic E-state index is 11.8. The van der Waals surface area contributed by atoms with Gasteiger partial charge >= 0.3 is 0 Å². The minimum absolute atomic E-state index is 0.169. The molecule has 1 unspecified atom stereocenters. The van der Waals surface area contributed by atoms with Crippen LogP contribution < -0.4 is 0 Å². The number of rotatable bonds is 3. The summed E-state index contributed by atoms with van der Waals surface area (Å²) in [6.07, 6.45) is 4.29. The summed E-state index contributed by atoms with van der Waals surface area (Å²) in [6, 6.07) is 0.169. The zero-order valence-electron chi connectivity index (χ0n) is 8.58. The number of hydrogen-bond acceptors (Lipinski definition) is 2. The van der Waals surface area contributed by atoms with Crippen LogP contribution in [0.5, 0.6) is 0 Å². The highest BCUT2D eigenvalue weighted by atomic mass is 79.9. The van der Waals surface area contributed by atoms with Crippen LogP contribution in [0.15, 0.2) is 0 Å². The molecule has 1 fully saturated rings. The lowest BCUT2D eigenvalue weighted by molar-refractivity contribution is 0.348. The standard InChI is InChI=1S/C9H18BrNO2S/c1-2-14(12,13)11-7-5-3-4-6-9(11)8-10/h9H,2-8H2,1H3. The van der Waals surface area contributed by atoms with Crippen molar-refractivity contribution in [1.82, 2.24) is 4.31 Å². The van der Waals surface area contributed by atoms with Crippen LogP contribution >= 0.6 is 15.9 Å². The first-order chi connectivity index (χ1) is 6.61. The van der Waals surface area contributed by atoms with Gasteiger partial charge in [0.2, 0.25) is 10.0 Å². The third kappa shape index (κ3) is 2.94. The molecule has 0 N–H and O–H groups in total. The highest BCUT2D eigenvalue weighted by Crippen LogP contribution is 2.21. The Morgan fingerprint density at radius 2 is 2.07 bits per heavy atom. The number of sulfonamides is 1. The van der Waals surface area contributed by atoms with Crippen molar-refractivity contribution < 1.29 is 8.42 Å². The molecule has 0 aromatic heterocycles. The van der Waals surface area contributed by atoms with Gasteiger partial charge in [-0.15, -0.1) is 0 Å². The van der Waals surface area contributed by atoms with E-state index in [4.69, 9.17) is 0 Å². The Hall–Kier alpha value is 0.390. The van der Waals surface area contributed by atoms with Crippen molar-refractivity contribution in [3.05, 3.63) is 0 Å². The molecule has 0 aliphatic carbocycles. The molecule has 0 radical (unpaired) electrons. The van der Waals surface area contributed by atoms with Gasteiger partial charge in [0.1, 0.15) is 0 Å². The van der Waals surface area contributed by atoms with Gasteiger partial charge < -0.3 is 0 Å². The van der Waals surface area contributed by atoms with Crippen molar-refractivity contribution in [2.75, 3.05) is 17.6 Å². The van der Waals surface area contributed by atoms with Crippen LogP contribution in [0.2, 0.25) is 0 Å². The van der Waals surface area contributed by atoms with Gasteiger partial charge in [-0.25, -0.2) is 8.42 Å². The highest BCUT2D eigenvalue weighted by Gasteiger charge is 2.28. The quantitative estimate of drug-likeness (QED) is 0.743. The van der Waals surface area contributed by atoms with Crippen molar-refractivity contribution in [3.8, 4) is 0 Å². The fourth-order valence-corrected chi connectivity index (χ4v) is 4.08. The zero-order chi connectivity index (χ0) is 10.6. The summed E-state index contributed by atoms with van der Waals surface area (Å²) in [6.45, 7) is 2.41. The largest absolute Gasteiger partial charge is 0.214 e. The van der Waals surface area contributed by atoms with Gasteiger partial charge in [-0.05, 0) is 19.8 Å². The second-order valence-corrected chi connectivity index (χ2v) is 6.53. The van der Waals surface area contributed by atoms with Gasteiger partial charge in [-0.1, -0.05) is 28.8 Å². The normalized spacial score (nSPS) is 26.0. The molecule has 0 aromatic carbocycles. The van der Waals surface area contributed by atoms with E-state index in [-0.39, 0.29) is 11.8 Å². The predicted molar refractivity (Wildman–Crippen MR) is 62.2 cm³/mol. The van der Waals surface area contributed by atoms with Gasteiger partial charge in [-0.2, -0.15) is 4.31 Å². The van der Waals surface area contributed by atoms with Crippen LogP contribution in [0.3, 0.4) is 0 Å². The van der Waals surface area contributed by atoms with Crippen LogP contribution in [0.4, 0.5) is 0 Å². The molecule has 3 nitrogen and oxygen atoms in total. The van der Waals surface area contributed by atoms with E-state index in [1.807, 2.05) is 0 Å². The summed E-state index contributed by atoms with van der Waals surface area (Å²) in [7, 11) is -3.00. The van der Waals surface area contributed by atoms with E-state index in [9.17, 15) is 8.42 Å². The van der Waals surface area contributed by atoms with E-state index < -0.39 is 10.0 Å². The Labute approximate surface area is 95.0 Å². The molecule has 0 saturated carbocycles. The molecular formula is C9H18BrNO2S. The van der Waals surface area contributed by atoms with Crippen LogP contribution in [-0.2, 0) is 10.0 Å². The fourth-order valence-electron chi connectivity index (χ4n) is 1.84. The van der Waals surface area contributed by atoms with Crippen molar-refractivity contribution in [3.63, 3.8) is 0 Å². The highest BCUT2D eigenvalue weighted by molar-refractivity contribution is 9.09. The van der Waals surface area contributed by atoms with Crippen LogP contribution in [0.1, 0.15) is 32.6 Å². The molecular weight excluding hydrogens is 266 g/mol. The maximum absolute atomic E-state index is 11.8. The molecule has 0 spiro atoms. The Kier molecular flexibility index (Phi) is 4.87. The molecule has 0 amide bonds. The summed E-state index contributed by atoms with van der Waals surface area (Å²) in [5.74, 6) is 0.219. The number of alkyl halides is 1. The Morgan fingerprint density at radius 1 is 1.36 bits per heavy atom. The first-order valence-electron chi connectivity index (χ1n) is 5.17. The van der Waals surface area contributed by atoms with E-state index in [0.717, 1.165) is 31.0 Å². The van der Waals surface area contributed by atoms with Gasteiger partial charge in [0.15, 0.2) is 0 Å². The smallest absolute Gasteiger partial charge is 0.212 e. The van der Waals surface area contributed by atoms with Crippen molar-refractivity contribution in [2.24, 2.45) is 0 Å². The van der Waals surface area contributed by atoms with Crippen LogP contribution in [-0.4, -0.2) is 36.4 Å². The Balaban J connectivity index is 2.80. The van der Waals surface area contributed by atoms with Crippen LogP contribution in [0, 0.1) is 0 Å². The minimum atomic E-state index is -3.00. The molecule has 1 rings (SSSR count). The molecule has 1 aliphatic rings. The third-order valence-corrected chi connectivity index (χ3v) is 5.40. The second kappa shape index (κ2) is 5.47. The second-order valence-electron chi connectivity index (χ2n) is 3.67. The molecule has 14 heavy (non-hydrogen) atoms. The molecule has 5 heteroatoms. The van der Waals surface area contributed by atoms with E-state index in [2.05, 4.69) is 15.9 Å². The zero-order valence-corrected chi connectivity index (χ0v) is 11.0. The average Bonchev–Trinajstić information content (AvgIpc) is 2.42. The first-order valence-corrected chi connectivity index (χ1v) is 7.90. The van der Waals surface area contributed by atoms with Gasteiger partial charge in [0, 0.05) is 17.9 Å². The van der Waals surface area contributed by atoms with Crippen LogP contribution in [0.25, 0.3) is 0 Å². The predicted octanol–water partition coefficient (Wildman–Crippen LogP) is 1.98. The molecule has 1 saturated heterocycles. The maximum Gasteiger partial charge on any atom is 0.214 e. The first kappa shape index (κ1) is 12.5. The van der Waals surface area contributed by atoms with E-state index >= 15 is 0 Å². The number of nitrogens with zero attached hydrogens (tertiary/aromatic N) is 1. The SMILES string of the molecule is CCS(=O)(=O)N1CCCCCC1CBr. The monoisotopic (exact) mass is 283 g/mol. The minimum Gasteiger partial charge on any atom is -0.212 e. The van der Waals surface area contributed by atoms with E-state index in [1.54, 1.807) is 11.2 Å². The Morgan fingerprint density at radius 3 is 2.64 bits per heavy atom. The van der Waals surface area contributed by atoms with Crippen molar-refractivity contribution in [2.45, 2.75) is 38.6 Å². The molecule has 1 aliphatic heterocycles. The van der Waals surface area contributed by atoms with E-state index in [0.29, 0.717) is 6.54 Å². The van der Waals surface area contributed by atoms with Gasteiger partial charge in [0.05, 0.1) is 5.75 Å². The topological polar surface area (TPSA) is 37.4 Å². The lowest BCUT2D eigenvalue weighted by Gasteiger charge is -2.27.